The Kier molecular flexibility index (Phi) is 8.90. The predicted octanol–water partition coefficient (Wildman–Crippen LogP) is 6.02. The second kappa shape index (κ2) is 12.5. The molecule has 0 fully saturated rings. The zero-order valence-corrected chi connectivity index (χ0v) is 21.8. The highest BCUT2D eigenvalue weighted by molar-refractivity contribution is 6.31. The van der Waals surface area contributed by atoms with E-state index in [1.54, 1.807) is 30.2 Å². The number of para-hydroxylation sites is 2. The fourth-order valence-corrected chi connectivity index (χ4v) is 4.39. The Morgan fingerprint density at radius 2 is 1.84 bits per heavy atom. The van der Waals surface area contributed by atoms with Crippen molar-refractivity contribution in [3.63, 3.8) is 0 Å². The summed E-state index contributed by atoms with van der Waals surface area (Å²) in [5, 5.41) is 3.33. The molecule has 8 heteroatoms. The van der Waals surface area contributed by atoms with E-state index in [2.05, 4.69) is 5.32 Å². The van der Waals surface area contributed by atoms with Gasteiger partial charge in [0.1, 0.15) is 5.75 Å². The van der Waals surface area contributed by atoms with Gasteiger partial charge < -0.3 is 24.4 Å². The minimum Gasteiger partial charge on any atom is -0.496 e. The van der Waals surface area contributed by atoms with Gasteiger partial charge in [-0.1, -0.05) is 35.9 Å². The van der Waals surface area contributed by atoms with E-state index in [1.807, 2.05) is 49.4 Å². The number of carbonyl (C=O) groups is 2. The normalized spacial score (nSPS) is 14.6. The van der Waals surface area contributed by atoms with E-state index in [4.69, 9.17) is 25.8 Å². The first-order valence-electron chi connectivity index (χ1n) is 12.3. The number of rotatable bonds is 3. The van der Waals surface area contributed by atoms with Crippen LogP contribution in [0.15, 0.2) is 60.7 Å². The molecule has 1 N–H and O–H groups in total. The van der Waals surface area contributed by atoms with Crippen LogP contribution in [-0.2, 0) is 16.0 Å². The number of carbonyl (C=O) groups excluding carboxylic acids is 2. The van der Waals surface area contributed by atoms with Gasteiger partial charge in [-0.15, -0.1) is 0 Å². The molecule has 0 saturated carbocycles. The first-order valence-corrected chi connectivity index (χ1v) is 12.7. The third kappa shape index (κ3) is 7.17. The van der Waals surface area contributed by atoms with Crippen molar-refractivity contribution < 1.29 is 23.8 Å². The van der Waals surface area contributed by atoms with Gasteiger partial charge in [-0.05, 0) is 73.7 Å². The second-order valence-electron chi connectivity index (χ2n) is 8.94. The number of halogens is 1. The third-order valence-corrected chi connectivity index (χ3v) is 6.35. The van der Waals surface area contributed by atoms with Crippen LogP contribution in [0.25, 0.3) is 0 Å². The van der Waals surface area contributed by atoms with Gasteiger partial charge in [0.25, 0.3) is 0 Å². The van der Waals surface area contributed by atoms with Crippen molar-refractivity contribution in [1.29, 1.82) is 0 Å². The molecule has 2 amide bonds. The molecule has 3 aromatic carbocycles. The fraction of sp³-hybridized carbons (Fsp3) is 0.310. The van der Waals surface area contributed by atoms with Crippen molar-refractivity contribution in [2.24, 2.45) is 0 Å². The van der Waals surface area contributed by atoms with E-state index in [9.17, 15) is 9.59 Å². The third-order valence-electron chi connectivity index (χ3n) is 6.12. The smallest absolute Gasteiger partial charge is 0.244 e. The predicted molar refractivity (Wildman–Crippen MR) is 144 cm³/mol. The van der Waals surface area contributed by atoms with Crippen molar-refractivity contribution in [2.75, 3.05) is 32.1 Å². The van der Waals surface area contributed by atoms with Crippen LogP contribution in [0.1, 0.15) is 30.4 Å². The number of nitrogens with one attached hydrogen (secondary N) is 1. The zero-order chi connectivity index (χ0) is 26.2. The lowest BCUT2D eigenvalue weighted by atomic mass is 10.1. The molecule has 194 valence electrons. The Balaban J connectivity index is 1.55. The molecule has 0 bridgehead atoms. The molecule has 7 nitrogen and oxygen atoms in total. The molecule has 3 aromatic rings. The highest BCUT2D eigenvalue weighted by atomic mass is 35.5. The minimum absolute atomic E-state index is 0.0764. The Morgan fingerprint density at radius 1 is 1.03 bits per heavy atom. The van der Waals surface area contributed by atoms with E-state index < -0.39 is 0 Å². The number of hydrogen-bond donors (Lipinski definition) is 1. The van der Waals surface area contributed by atoms with Crippen LogP contribution in [0.2, 0.25) is 5.02 Å². The van der Waals surface area contributed by atoms with Crippen molar-refractivity contribution >= 4 is 29.1 Å². The minimum atomic E-state index is -0.328. The van der Waals surface area contributed by atoms with Crippen LogP contribution in [0.4, 0.5) is 5.69 Å². The largest absolute Gasteiger partial charge is 0.496 e. The van der Waals surface area contributed by atoms with Crippen LogP contribution in [0, 0.1) is 6.92 Å². The average molecular weight is 523 g/mol. The number of hydrogen-bond acceptors (Lipinski definition) is 5. The summed E-state index contributed by atoms with van der Waals surface area (Å²) in [6, 6.07) is 18.1. The maximum Gasteiger partial charge on any atom is 0.244 e. The Morgan fingerprint density at radius 3 is 2.62 bits per heavy atom. The number of amides is 2. The number of benzene rings is 3. The molecule has 1 heterocycles. The molecular formula is C29H31ClN2O5. The molecule has 0 unspecified atom stereocenters. The molecule has 37 heavy (non-hydrogen) atoms. The number of fused-ring (bicyclic) bond motifs is 2. The van der Waals surface area contributed by atoms with Crippen LogP contribution in [-0.4, -0.2) is 43.5 Å². The first kappa shape index (κ1) is 26.4. The lowest BCUT2D eigenvalue weighted by Gasteiger charge is -2.23. The van der Waals surface area contributed by atoms with Gasteiger partial charge in [0.2, 0.25) is 11.8 Å². The Hall–Kier alpha value is -3.71. The van der Waals surface area contributed by atoms with E-state index in [0.717, 1.165) is 36.1 Å². The number of aryl methyl sites for hydroxylation is 1. The van der Waals surface area contributed by atoms with Crippen LogP contribution in [0.5, 0.6) is 23.0 Å². The molecule has 0 radical (unpaired) electrons. The highest BCUT2D eigenvalue weighted by Gasteiger charge is 2.20. The molecule has 0 aliphatic carbocycles. The highest BCUT2D eigenvalue weighted by Crippen LogP contribution is 2.36. The van der Waals surface area contributed by atoms with Crippen LogP contribution < -0.4 is 19.5 Å². The average Bonchev–Trinajstić information content (AvgIpc) is 2.88. The van der Waals surface area contributed by atoms with Crippen molar-refractivity contribution in [2.45, 2.75) is 32.6 Å². The number of anilines is 1. The summed E-state index contributed by atoms with van der Waals surface area (Å²) >= 11 is 6.22. The first-order chi connectivity index (χ1) is 17.9. The Labute approximate surface area is 222 Å². The van der Waals surface area contributed by atoms with E-state index in [1.165, 1.54) is 0 Å². The maximum atomic E-state index is 13.3. The molecule has 0 saturated heterocycles. The summed E-state index contributed by atoms with van der Waals surface area (Å²) in [4.78, 5) is 28.0. The molecular weight excluding hydrogens is 492 g/mol. The molecule has 0 spiro atoms. The summed E-state index contributed by atoms with van der Waals surface area (Å²) in [5.41, 5.74) is 2.24. The zero-order valence-electron chi connectivity index (χ0n) is 21.1. The summed E-state index contributed by atoms with van der Waals surface area (Å²) in [6.45, 7) is 2.85. The molecule has 1 aliphatic rings. The van der Waals surface area contributed by atoms with Gasteiger partial charge in [0.15, 0.2) is 17.2 Å². The lowest BCUT2D eigenvalue weighted by Crippen LogP contribution is -2.39. The quantitative estimate of drug-likeness (QED) is 0.455. The summed E-state index contributed by atoms with van der Waals surface area (Å²) in [5.74, 6) is 1.92. The van der Waals surface area contributed by atoms with Crippen molar-refractivity contribution in [3.05, 3.63) is 76.8 Å². The van der Waals surface area contributed by atoms with Gasteiger partial charge in [-0.3, -0.25) is 9.59 Å². The standard InChI is InChI=1S/C29H31ClN2O5/c1-20-16-21(10-12-24(20)35-2)17-29(34)32-14-6-3-7-15-36-26-8-4-5-9-27(26)37-25-13-11-22(30)18-23(25)31-28(33)19-32/h4-5,8-13,16,18H,3,6-7,14-15,17,19H2,1-2H3,(H,31,33). The SMILES string of the molecule is COc1ccc(CC(=O)N2CCCCCOc3ccccc3Oc3ccc(Cl)cc3NC(=O)C2)cc1C. The molecule has 4 rings (SSSR count). The summed E-state index contributed by atoms with van der Waals surface area (Å²) in [7, 11) is 1.62. The second-order valence-corrected chi connectivity index (χ2v) is 9.38. The lowest BCUT2D eigenvalue weighted by molar-refractivity contribution is -0.134. The van der Waals surface area contributed by atoms with E-state index in [-0.39, 0.29) is 24.8 Å². The summed E-state index contributed by atoms with van der Waals surface area (Å²) in [6.07, 6.45) is 2.62. The molecule has 0 aromatic heterocycles. The van der Waals surface area contributed by atoms with Crippen molar-refractivity contribution in [1.82, 2.24) is 4.90 Å². The maximum absolute atomic E-state index is 13.3. The van der Waals surface area contributed by atoms with Gasteiger partial charge in [-0.2, -0.15) is 0 Å². The van der Waals surface area contributed by atoms with Crippen LogP contribution >= 0.6 is 11.6 Å². The number of nitrogens with zero attached hydrogens (tertiary/aromatic N) is 1. The molecule has 1 aliphatic heterocycles. The van der Waals surface area contributed by atoms with Crippen molar-refractivity contribution in [3.8, 4) is 23.0 Å². The van der Waals surface area contributed by atoms with E-state index in [0.29, 0.717) is 41.1 Å². The summed E-state index contributed by atoms with van der Waals surface area (Å²) < 4.78 is 17.4. The van der Waals surface area contributed by atoms with Gasteiger partial charge in [-0.25, -0.2) is 0 Å². The molecule has 0 atom stereocenters. The van der Waals surface area contributed by atoms with Gasteiger partial charge in [0.05, 0.1) is 32.4 Å². The topological polar surface area (TPSA) is 77.1 Å². The van der Waals surface area contributed by atoms with Gasteiger partial charge in [0, 0.05) is 11.6 Å². The number of ether oxygens (including phenoxy) is 3. The van der Waals surface area contributed by atoms with Gasteiger partial charge >= 0.3 is 0 Å². The van der Waals surface area contributed by atoms with E-state index >= 15 is 0 Å². The Bertz CT molecular complexity index is 1260. The van der Waals surface area contributed by atoms with Crippen LogP contribution in [0.3, 0.4) is 0 Å². The number of methoxy groups -OCH3 is 1. The monoisotopic (exact) mass is 522 g/mol. The fourth-order valence-electron chi connectivity index (χ4n) is 4.22.